The van der Waals surface area contributed by atoms with Crippen molar-refractivity contribution in [1.29, 1.82) is 0 Å². The lowest BCUT2D eigenvalue weighted by molar-refractivity contribution is 0.0949. The normalized spacial score (nSPS) is 10.7. The molecule has 2 aromatic heterocycles. The molecular formula is C18H19N3O2. The van der Waals surface area contributed by atoms with Crippen LogP contribution in [0.3, 0.4) is 0 Å². The summed E-state index contributed by atoms with van der Waals surface area (Å²) < 4.78 is 7.30. The minimum absolute atomic E-state index is 0.160. The zero-order chi connectivity index (χ0) is 16.1. The minimum Gasteiger partial charge on any atom is -0.480 e. The van der Waals surface area contributed by atoms with Gasteiger partial charge in [-0.05, 0) is 36.1 Å². The number of carbonyl (C=O) groups is 1. The third kappa shape index (κ3) is 3.34. The number of para-hydroxylation sites is 1. The Kier molecular flexibility index (Phi) is 4.57. The molecule has 3 rings (SSSR count). The molecule has 5 nitrogen and oxygen atoms in total. The molecule has 0 saturated heterocycles. The molecule has 3 aromatic rings. The van der Waals surface area contributed by atoms with Crippen LogP contribution in [0.15, 0.2) is 54.9 Å². The van der Waals surface area contributed by atoms with Crippen LogP contribution in [0.4, 0.5) is 0 Å². The van der Waals surface area contributed by atoms with Crippen LogP contribution in [0, 0.1) is 0 Å². The van der Waals surface area contributed by atoms with Crippen LogP contribution < -0.4 is 10.1 Å². The van der Waals surface area contributed by atoms with Crippen molar-refractivity contribution in [2.24, 2.45) is 0 Å². The Bertz CT molecular complexity index is 811. The first kappa shape index (κ1) is 15.1. The van der Waals surface area contributed by atoms with E-state index >= 15 is 0 Å². The third-order valence-electron chi connectivity index (χ3n) is 3.75. The van der Waals surface area contributed by atoms with Crippen molar-refractivity contribution in [2.75, 3.05) is 13.7 Å². The maximum absolute atomic E-state index is 12.2. The topological polar surface area (TPSA) is 56.1 Å². The molecule has 0 radical (unpaired) electrons. The smallest absolute Gasteiger partial charge is 0.256 e. The number of benzene rings is 1. The number of aromatic nitrogens is 2. The largest absolute Gasteiger partial charge is 0.480 e. The number of amides is 1. The molecule has 1 N–H and O–H groups in total. The number of rotatable bonds is 6. The molecule has 0 saturated carbocycles. The number of aryl methyl sites for hydroxylation is 1. The van der Waals surface area contributed by atoms with E-state index in [-0.39, 0.29) is 5.91 Å². The molecule has 1 amide bonds. The van der Waals surface area contributed by atoms with Crippen LogP contribution in [-0.4, -0.2) is 29.1 Å². The molecule has 0 fully saturated rings. The Balaban J connectivity index is 1.54. The maximum Gasteiger partial charge on any atom is 0.256 e. The number of nitrogens with one attached hydrogen (secondary N) is 1. The Morgan fingerprint density at radius 1 is 1.22 bits per heavy atom. The Hall–Kier alpha value is -2.82. The van der Waals surface area contributed by atoms with Gasteiger partial charge in [-0.15, -0.1) is 0 Å². The average molecular weight is 309 g/mol. The number of nitrogens with zero attached hydrogens (tertiary/aromatic N) is 2. The molecule has 0 aliphatic rings. The summed E-state index contributed by atoms with van der Waals surface area (Å²) in [4.78, 5) is 16.2. The van der Waals surface area contributed by atoms with Crippen molar-refractivity contribution in [2.45, 2.75) is 13.0 Å². The van der Waals surface area contributed by atoms with Crippen molar-refractivity contribution in [3.63, 3.8) is 0 Å². The standard InChI is InChI=1S/C18H19N3O2/c1-23-18-15(7-4-10-20-18)17(22)19-11-5-12-21-13-9-14-6-2-3-8-16(14)21/h2-4,6-10,13H,5,11-12H2,1H3,(H,19,22). The molecule has 1 aromatic carbocycles. The van der Waals surface area contributed by atoms with E-state index in [9.17, 15) is 4.79 Å². The Morgan fingerprint density at radius 3 is 2.96 bits per heavy atom. The maximum atomic E-state index is 12.2. The molecule has 0 bridgehead atoms. The van der Waals surface area contributed by atoms with Gasteiger partial charge in [0.2, 0.25) is 5.88 Å². The van der Waals surface area contributed by atoms with Gasteiger partial charge in [-0.2, -0.15) is 0 Å². The van der Waals surface area contributed by atoms with E-state index in [1.165, 1.54) is 18.0 Å². The third-order valence-corrected chi connectivity index (χ3v) is 3.75. The van der Waals surface area contributed by atoms with Crippen LogP contribution in [0.1, 0.15) is 16.8 Å². The SMILES string of the molecule is COc1ncccc1C(=O)NCCCn1ccc2ccccc21. The van der Waals surface area contributed by atoms with E-state index in [1.807, 2.05) is 12.1 Å². The predicted molar refractivity (Wildman–Crippen MR) is 89.7 cm³/mol. The quantitative estimate of drug-likeness (QED) is 0.712. The number of pyridine rings is 1. The van der Waals surface area contributed by atoms with Gasteiger partial charge in [0, 0.05) is 31.0 Å². The summed E-state index contributed by atoms with van der Waals surface area (Å²) in [7, 11) is 1.51. The van der Waals surface area contributed by atoms with Gasteiger partial charge in [0.05, 0.1) is 7.11 Å². The summed E-state index contributed by atoms with van der Waals surface area (Å²) in [6.07, 6.45) is 4.54. The Morgan fingerprint density at radius 2 is 2.09 bits per heavy atom. The highest BCUT2D eigenvalue weighted by Gasteiger charge is 2.11. The summed E-state index contributed by atoms with van der Waals surface area (Å²) in [5.74, 6) is 0.189. The molecule has 5 heteroatoms. The van der Waals surface area contributed by atoms with Gasteiger partial charge in [-0.3, -0.25) is 4.79 Å². The van der Waals surface area contributed by atoms with E-state index in [1.54, 1.807) is 18.3 Å². The lowest BCUT2D eigenvalue weighted by Gasteiger charge is -2.09. The highest BCUT2D eigenvalue weighted by molar-refractivity contribution is 5.96. The fourth-order valence-electron chi connectivity index (χ4n) is 2.61. The summed E-state index contributed by atoms with van der Waals surface area (Å²) in [6.45, 7) is 1.46. The average Bonchev–Trinajstić information content (AvgIpc) is 3.01. The number of hydrogen-bond donors (Lipinski definition) is 1. The first-order valence-corrected chi connectivity index (χ1v) is 7.60. The number of hydrogen-bond acceptors (Lipinski definition) is 3. The molecule has 0 aliphatic heterocycles. The first-order chi connectivity index (χ1) is 11.3. The molecule has 23 heavy (non-hydrogen) atoms. The van der Waals surface area contributed by atoms with Crippen LogP contribution >= 0.6 is 0 Å². The predicted octanol–water partition coefficient (Wildman–Crippen LogP) is 2.87. The van der Waals surface area contributed by atoms with Gasteiger partial charge in [0.15, 0.2) is 0 Å². The summed E-state index contributed by atoms with van der Waals surface area (Å²) in [6, 6.07) is 13.8. The number of fused-ring (bicyclic) bond motifs is 1. The zero-order valence-corrected chi connectivity index (χ0v) is 13.0. The van der Waals surface area contributed by atoms with E-state index in [0.29, 0.717) is 18.0 Å². The lowest BCUT2D eigenvalue weighted by Crippen LogP contribution is -2.25. The lowest BCUT2D eigenvalue weighted by atomic mass is 10.2. The van der Waals surface area contributed by atoms with Crippen LogP contribution in [-0.2, 0) is 6.54 Å². The van der Waals surface area contributed by atoms with Gasteiger partial charge >= 0.3 is 0 Å². The van der Waals surface area contributed by atoms with Crippen LogP contribution in [0.2, 0.25) is 0 Å². The first-order valence-electron chi connectivity index (χ1n) is 7.60. The number of carbonyl (C=O) groups excluding carboxylic acids is 1. The van der Waals surface area contributed by atoms with E-state index < -0.39 is 0 Å². The van der Waals surface area contributed by atoms with Crippen molar-refractivity contribution in [3.05, 3.63) is 60.4 Å². The molecule has 0 unspecified atom stereocenters. The van der Waals surface area contributed by atoms with Gasteiger partial charge in [0.25, 0.3) is 5.91 Å². The van der Waals surface area contributed by atoms with Gasteiger partial charge in [0.1, 0.15) is 5.56 Å². The van der Waals surface area contributed by atoms with Crippen molar-refractivity contribution in [3.8, 4) is 5.88 Å². The molecule has 0 spiro atoms. The van der Waals surface area contributed by atoms with E-state index in [2.05, 4.69) is 39.3 Å². The van der Waals surface area contributed by atoms with Gasteiger partial charge in [-0.25, -0.2) is 4.98 Å². The Labute approximate surface area is 134 Å². The van der Waals surface area contributed by atoms with E-state index in [4.69, 9.17) is 4.74 Å². The monoisotopic (exact) mass is 309 g/mol. The second-order valence-corrected chi connectivity index (χ2v) is 5.24. The molecular weight excluding hydrogens is 290 g/mol. The molecule has 0 atom stereocenters. The van der Waals surface area contributed by atoms with Crippen LogP contribution in [0.5, 0.6) is 5.88 Å². The number of methoxy groups -OCH3 is 1. The van der Waals surface area contributed by atoms with Crippen molar-refractivity contribution >= 4 is 16.8 Å². The fraction of sp³-hybridized carbons (Fsp3) is 0.222. The molecule has 118 valence electrons. The van der Waals surface area contributed by atoms with Gasteiger partial charge < -0.3 is 14.6 Å². The highest BCUT2D eigenvalue weighted by atomic mass is 16.5. The summed E-state index contributed by atoms with van der Waals surface area (Å²) in [5, 5.41) is 4.14. The summed E-state index contributed by atoms with van der Waals surface area (Å²) >= 11 is 0. The molecule has 2 heterocycles. The second-order valence-electron chi connectivity index (χ2n) is 5.24. The van der Waals surface area contributed by atoms with Crippen LogP contribution in [0.25, 0.3) is 10.9 Å². The van der Waals surface area contributed by atoms with Gasteiger partial charge in [-0.1, -0.05) is 18.2 Å². The highest BCUT2D eigenvalue weighted by Crippen LogP contribution is 2.15. The molecule has 0 aliphatic carbocycles. The van der Waals surface area contributed by atoms with Crippen molar-refractivity contribution < 1.29 is 9.53 Å². The zero-order valence-electron chi connectivity index (χ0n) is 13.0. The fourth-order valence-corrected chi connectivity index (χ4v) is 2.61. The van der Waals surface area contributed by atoms with E-state index in [0.717, 1.165) is 13.0 Å². The second kappa shape index (κ2) is 6.96. The number of ether oxygens (including phenoxy) is 1. The minimum atomic E-state index is -0.160. The van der Waals surface area contributed by atoms with Crippen molar-refractivity contribution in [1.82, 2.24) is 14.9 Å². The summed E-state index contributed by atoms with van der Waals surface area (Å²) in [5.41, 5.74) is 1.68.